The predicted octanol–water partition coefficient (Wildman–Crippen LogP) is 2.18. The highest BCUT2D eigenvalue weighted by atomic mass is 32.2. The monoisotopic (exact) mass is 330 g/mol. The van der Waals surface area contributed by atoms with Crippen LogP contribution in [0.5, 0.6) is 0 Å². The lowest BCUT2D eigenvalue weighted by Gasteiger charge is -2.23. The van der Waals surface area contributed by atoms with Crippen LogP contribution >= 0.6 is 11.3 Å². The molecule has 1 heterocycles. The zero-order valence-electron chi connectivity index (χ0n) is 11.9. The van der Waals surface area contributed by atoms with Crippen LogP contribution in [0.2, 0.25) is 0 Å². The zero-order chi connectivity index (χ0) is 16.1. The van der Waals surface area contributed by atoms with Crippen LogP contribution in [0.1, 0.15) is 38.0 Å². The molecule has 0 fully saturated rings. The number of nitriles is 1. The summed E-state index contributed by atoms with van der Waals surface area (Å²) in [5.41, 5.74) is -0.256. The molecule has 2 N–H and O–H groups in total. The first-order valence-electron chi connectivity index (χ1n) is 6.38. The Bertz CT molecular complexity index is 641. The third-order valence-electron chi connectivity index (χ3n) is 3.07. The first-order chi connectivity index (χ1) is 9.66. The molecule has 0 saturated heterocycles. The van der Waals surface area contributed by atoms with E-state index in [1.807, 2.05) is 19.9 Å². The minimum absolute atomic E-state index is 0.0657. The van der Waals surface area contributed by atoms with E-state index in [0.717, 1.165) is 11.3 Å². The summed E-state index contributed by atoms with van der Waals surface area (Å²) in [4.78, 5) is 10.9. The maximum Gasteiger partial charge on any atom is 0.303 e. The van der Waals surface area contributed by atoms with E-state index in [0.29, 0.717) is 17.7 Å². The Morgan fingerprint density at radius 3 is 2.62 bits per heavy atom. The molecule has 0 saturated carbocycles. The smallest absolute Gasteiger partial charge is 0.303 e. The summed E-state index contributed by atoms with van der Waals surface area (Å²) in [6, 6.07) is 4.77. The second kappa shape index (κ2) is 7.02. The number of nitrogens with one attached hydrogen (secondary N) is 1. The summed E-state index contributed by atoms with van der Waals surface area (Å²) in [6.07, 6.45) is 1.09. The van der Waals surface area contributed by atoms with Crippen LogP contribution in [-0.2, 0) is 14.8 Å². The molecule has 8 heteroatoms. The van der Waals surface area contributed by atoms with Crippen molar-refractivity contribution in [2.24, 2.45) is 5.41 Å². The highest BCUT2D eigenvalue weighted by Crippen LogP contribution is 2.26. The van der Waals surface area contributed by atoms with E-state index in [1.165, 1.54) is 12.1 Å². The van der Waals surface area contributed by atoms with E-state index in [2.05, 4.69) is 4.72 Å². The fourth-order valence-corrected chi connectivity index (χ4v) is 3.87. The number of hydrogen-bond acceptors (Lipinski definition) is 5. The highest BCUT2D eigenvalue weighted by molar-refractivity contribution is 7.91. The first kappa shape index (κ1) is 17.6. The minimum atomic E-state index is -3.60. The third kappa shape index (κ3) is 5.83. The summed E-state index contributed by atoms with van der Waals surface area (Å²) in [6.45, 7) is 4.04. The maximum absolute atomic E-state index is 12.0. The minimum Gasteiger partial charge on any atom is -0.481 e. The van der Waals surface area contributed by atoms with Crippen LogP contribution in [0.25, 0.3) is 0 Å². The van der Waals surface area contributed by atoms with Crippen LogP contribution < -0.4 is 4.72 Å². The van der Waals surface area contributed by atoms with Crippen molar-refractivity contribution in [3.05, 3.63) is 17.0 Å². The molecule has 0 radical (unpaired) electrons. The molecule has 21 heavy (non-hydrogen) atoms. The molecule has 1 aromatic heterocycles. The van der Waals surface area contributed by atoms with Crippen molar-refractivity contribution in [3.8, 4) is 6.07 Å². The van der Waals surface area contributed by atoms with Gasteiger partial charge in [0.1, 0.15) is 15.2 Å². The lowest BCUT2D eigenvalue weighted by molar-refractivity contribution is -0.137. The molecule has 1 rings (SSSR count). The number of carboxylic acid groups (broad SMARTS) is 1. The molecule has 0 unspecified atom stereocenters. The maximum atomic E-state index is 12.0. The van der Waals surface area contributed by atoms with Gasteiger partial charge in [-0.25, -0.2) is 13.1 Å². The third-order valence-corrected chi connectivity index (χ3v) is 6.01. The SMILES string of the molecule is CC(C)(CCNS(=O)(=O)c1ccc(C#N)s1)CCC(=O)O. The molecule has 0 aromatic carbocycles. The van der Waals surface area contributed by atoms with Crippen molar-refractivity contribution >= 4 is 27.3 Å². The van der Waals surface area contributed by atoms with Gasteiger partial charge in [0, 0.05) is 13.0 Å². The van der Waals surface area contributed by atoms with Crippen molar-refractivity contribution < 1.29 is 18.3 Å². The van der Waals surface area contributed by atoms with E-state index in [9.17, 15) is 13.2 Å². The van der Waals surface area contributed by atoms with Gasteiger partial charge in [-0.3, -0.25) is 4.79 Å². The molecule has 0 aliphatic carbocycles. The highest BCUT2D eigenvalue weighted by Gasteiger charge is 2.21. The van der Waals surface area contributed by atoms with Gasteiger partial charge >= 0.3 is 5.97 Å². The van der Waals surface area contributed by atoms with Gasteiger partial charge in [-0.2, -0.15) is 5.26 Å². The van der Waals surface area contributed by atoms with Gasteiger partial charge in [0.2, 0.25) is 10.0 Å². The van der Waals surface area contributed by atoms with E-state index in [1.54, 1.807) is 0 Å². The van der Waals surface area contributed by atoms with Crippen molar-refractivity contribution in [3.63, 3.8) is 0 Å². The van der Waals surface area contributed by atoms with E-state index < -0.39 is 16.0 Å². The Kier molecular flexibility index (Phi) is 5.89. The quantitative estimate of drug-likeness (QED) is 0.759. The van der Waals surface area contributed by atoms with Gasteiger partial charge in [-0.05, 0) is 30.4 Å². The molecule has 6 nitrogen and oxygen atoms in total. The normalized spacial score (nSPS) is 12.0. The predicted molar refractivity (Wildman–Crippen MR) is 79.5 cm³/mol. The lowest BCUT2D eigenvalue weighted by Crippen LogP contribution is -2.28. The molecule has 0 spiro atoms. The Morgan fingerprint density at radius 2 is 2.10 bits per heavy atom. The molecule has 0 atom stereocenters. The summed E-state index contributed by atoms with van der Waals surface area (Å²) >= 11 is 0.923. The number of nitrogens with zero attached hydrogens (tertiary/aromatic N) is 1. The molecule has 0 aliphatic heterocycles. The Labute approximate surface area is 128 Å². The van der Waals surface area contributed by atoms with Gasteiger partial charge in [-0.15, -0.1) is 11.3 Å². The fourth-order valence-electron chi connectivity index (χ4n) is 1.69. The number of thiophene rings is 1. The molecule has 1 aromatic rings. The number of sulfonamides is 1. The Balaban J connectivity index is 2.54. The zero-order valence-corrected chi connectivity index (χ0v) is 13.6. The van der Waals surface area contributed by atoms with Crippen LogP contribution in [-0.4, -0.2) is 26.0 Å². The van der Waals surface area contributed by atoms with Gasteiger partial charge in [0.25, 0.3) is 0 Å². The van der Waals surface area contributed by atoms with Gasteiger partial charge in [0.05, 0.1) is 0 Å². The molecular weight excluding hydrogens is 312 g/mol. The second-order valence-corrected chi connectivity index (χ2v) is 8.51. The van der Waals surface area contributed by atoms with E-state index in [-0.39, 0.29) is 22.6 Å². The topological polar surface area (TPSA) is 107 Å². The van der Waals surface area contributed by atoms with Crippen LogP contribution in [0, 0.1) is 16.7 Å². The van der Waals surface area contributed by atoms with Crippen LogP contribution in [0.3, 0.4) is 0 Å². The summed E-state index contributed by atoms with van der Waals surface area (Å²) in [5, 5.41) is 17.4. The molecule has 116 valence electrons. The number of carbonyl (C=O) groups is 1. The molecular formula is C13H18N2O4S2. The van der Waals surface area contributed by atoms with Gasteiger partial charge in [0.15, 0.2) is 0 Å². The Hall–Kier alpha value is -1.43. The number of hydrogen-bond donors (Lipinski definition) is 2. The van der Waals surface area contributed by atoms with E-state index in [4.69, 9.17) is 10.4 Å². The van der Waals surface area contributed by atoms with Crippen molar-refractivity contribution in [1.82, 2.24) is 4.72 Å². The number of aliphatic carboxylic acids is 1. The standard InChI is InChI=1S/C13H18N2O4S2/c1-13(2,6-5-11(16)17)7-8-15-21(18,19)12-4-3-10(9-14)20-12/h3-4,15H,5-8H2,1-2H3,(H,16,17). The van der Waals surface area contributed by atoms with Crippen LogP contribution in [0.4, 0.5) is 0 Å². The summed E-state index contributed by atoms with van der Waals surface area (Å²) < 4.78 is 26.6. The summed E-state index contributed by atoms with van der Waals surface area (Å²) in [7, 11) is -3.60. The number of rotatable bonds is 8. The van der Waals surface area contributed by atoms with E-state index >= 15 is 0 Å². The average Bonchev–Trinajstić information content (AvgIpc) is 2.85. The van der Waals surface area contributed by atoms with Crippen molar-refractivity contribution in [2.45, 2.75) is 37.3 Å². The van der Waals surface area contributed by atoms with Crippen LogP contribution in [0.15, 0.2) is 16.3 Å². The molecule has 0 aliphatic rings. The molecule has 0 bridgehead atoms. The number of carboxylic acids is 1. The van der Waals surface area contributed by atoms with Crippen molar-refractivity contribution in [2.75, 3.05) is 6.54 Å². The van der Waals surface area contributed by atoms with Crippen molar-refractivity contribution in [1.29, 1.82) is 5.26 Å². The van der Waals surface area contributed by atoms with Gasteiger partial charge in [-0.1, -0.05) is 13.8 Å². The second-order valence-electron chi connectivity index (χ2n) is 5.44. The first-order valence-corrected chi connectivity index (χ1v) is 8.68. The summed E-state index contributed by atoms with van der Waals surface area (Å²) in [5.74, 6) is -0.855. The average molecular weight is 330 g/mol. The van der Waals surface area contributed by atoms with Gasteiger partial charge < -0.3 is 5.11 Å². The lowest BCUT2D eigenvalue weighted by atomic mass is 9.84. The fraction of sp³-hybridized carbons (Fsp3) is 0.538. The Morgan fingerprint density at radius 1 is 1.43 bits per heavy atom. The molecule has 0 amide bonds. The largest absolute Gasteiger partial charge is 0.481 e.